The number of hydrogen-bond donors (Lipinski definition) is 0. The Kier molecular flexibility index (Phi) is 10.1. The molecule has 0 aromatic heterocycles. The van der Waals surface area contributed by atoms with Crippen LogP contribution in [0.5, 0.6) is 0 Å². The molecule has 4 nitrogen and oxygen atoms in total. The maximum Gasteiger partial charge on any atom is 0.338 e. The van der Waals surface area contributed by atoms with Crippen LogP contribution in [0.2, 0.25) is 0 Å². The molecular formula is C43H58O4. The van der Waals surface area contributed by atoms with Crippen molar-refractivity contribution in [2.45, 2.75) is 118 Å². The van der Waals surface area contributed by atoms with Crippen LogP contribution in [0.1, 0.15) is 126 Å². The molecular weight excluding hydrogens is 580 g/mol. The Hall–Kier alpha value is -2.88. The van der Waals surface area contributed by atoms with Crippen molar-refractivity contribution in [2.24, 2.45) is 52.3 Å². The summed E-state index contributed by atoms with van der Waals surface area (Å²) in [5.41, 5.74) is 2.84. The number of carbonyl (C=O) groups is 2. The molecule has 6 rings (SSSR count). The van der Waals surface area contributed by atoms with E-state index in [0.29, 0.717) is 41.2 Å². The molecule has 254 valence electrons. The van der Waals surface area contributed by atoms with Gasteiger partial charge in [0.2, 0.25) is 0 Å². The van der Waals surface area contributed by atoms with Crippen molar-refractivity contribution in [1.82, 2.24) is 0 Å². The summed E-state index contributed by atoms with van der Waals surface area (Å²) in [6.07, 6.45) is 13.3. The summed E-state index contributed by atoms with van der Waals surface area (Å²) in [4.78, 5) is 26.7. The summed E-state index contributed by atoms with van der Waals surface area (Å²) in [5.74, 6) is 3.81. The molecule has 3 fully saturated rings. The average Bonchev–Trinajstić information content (AvgIpc) is 3.43. The van der Waals surface area contributed by atoms with E-state index in [-0.39, 0.29) is 35.0 Å². The number of carbonyl (C=O) groups excluding carboxylic acids is 2. The quantitative estimate of drug-likeness (QED) is 0.192. The fourth-order valence-corrected chi connectivity index (χ4v) is 11.0. The summed E-state index contributed by atoms with van der Waals surface area (Å²) >= 11 is 0. The fourth-order valence-electron chi connectivity index (χ4n) is 11.0. The van der Waals surface area contributed by atoms with Gasteiger partial charge in [0, 0.05) is 12.3 Å². The zero-order valence-corrected chi connectivity index (χ0v) is 29.8. The van der Waals surface area contributed by atoms with E-state index in [0.717, 1.165) is 30.6 Å². The Bertz CT molecular complexity index is 1410. The Morgan fingerprint density at radius 2 is 1.43 bits per heavy atom. The number of rotatable bonds is 10. The summed E-state index contributed by atoms with van der Waals surface area (Å²) < 4.78 is 12.7. The van der Waals surface area contributed by atoms with E-state index >= 15 is 0 Å². The van der Waals surface area contributed by atoms with E-state index in [1.54, 1.807) is 0 Å². The van der Waals surface area contributed by atoms with Gasteiger partial charge in [-0.05, 0) is 122 Å². The van der Waals surface area contributed by atoms with Crippen molar-refractivity contribution in [1.29, 1.82) is 0 Å². The third kappa shape index (κ3) is 6.60. The molecule has 0 unspecified atom stereocenters. The van der Waals surface area contributed by atoms with Gasteiger partial charge in [0.05, 0.1) is 11.1 Å². The molecule has 4 heteroatoms. The number of hydrogen-bond acceptors (Lipinski definition) is 4. The van der Waals surface area contributed by atoms with Gasteiger partial charge in [-0.3, -0.25) is 0 Å². The van der Waals surface area contributed by atoms with Gasteiger partial charge in [0.15, 0.2) is 0 Å². The number of fused-ring (bicyclic) bond motifs is 5. The monoisotopic (exact) mass is 638 g/mol. The van der Waals surface area contributed by atoms with Crippen molar-refractivity contribution in [2.75, 3.05) is 0 Å². The van der Waals surface area contributed by atoms with Crippen LogP contribution >= 0.6 is 0 Å². The van der Waals surface area contributed by atoms with Crippen LogP contribution < -0.4 is 0 Å². The lowest BCUT2D eigenvalue weighted by Gasteiger charge is -2.59. The topological polar surface area (TPSA) is 52.6 Å². The first-order valence-electron chi connectivity index (χ1n) is 18.8. The van der Waals surface area contributed by atoms with Crippen molar-refractivity contribution >= 4 is 11.9 Å². The molecule has 2 aromatic carbocycles. The predicted octanol–water partition coefficient (Wildman–Crippen LogP) is 10.7. The molecule has 0 bridgehead atoms. The van der Waals surface area contributed by atoms with Gasteiger partial charge in [-0.25, -0.2) is 9.59 Å². The highest BCUT2D eigenvalue weighted by molar-refractivity contribution is 5.90. The lowest BCUT2D eigenvalue weighted by molar-refractivity contribution is -0.102. The van der Waals surface area contributed by atoms with Crippen LogP contribution in [-0.4, -0.2) is 24.1 Å². The van der Waals surface area contributed by atoms with E-state index in [4.69, 9.17) is 9.47 Å². The Labute approximate surface area is 284 Å². The van der Waals surface area contributed by atoms with E-state index in [1.807, 2.05) is 60.7 Å². The first-order valence-corrected chi connectivity index (χ1v) is 18.8. The lowest BCUT2D eigenvalue weighted by atomic mass is 9.46. The van der Waals surface area contributed by atoms with Crippen molar-refractivity contribution in [3.8, 4) is 0 Å². The van der Waals surface area contributed by atoms with Crippen molar-refractivity contribution < 1.29 is 19.1 Å². The largest absolute Gasteiger partial charge is 0.458 e. The van der Waals surface area contributed by atoms with Crippen LogP contribution in [0.15, 0.2) is 72.3 Å². The lowest BCUT2D eigenvalue weighted by Crippen LogP contribution is -2.55. The zero-order valence-electron chi connectivity index (χ0n) is 29.8. The normalized spacial score (nSPS) is 34.3. The van der Waals surface area contributed by atoms with Gasteiger partial charge in [-0.15, -0.1) is 0 Å². The third-order valence-electron chi connectivity index (χ3n) is 13.8. The highest BCUT2D eigenvalue weighted by Crippen LogP contribution is 2.67. The minimum atomic E-state index is -0.261. The van der Waals surface area contributed by atoms with Crippen LogP contribution in [0.4, 0.5) is 0 Å². The van der Waals surface area contributed by atoms with Crippen LogP contribution in [-0.2, 0) is 9.47 Å². The van der Waals surface area contributed by atoms with Crippen LogP contribution in [0, 0.1) is 52.3 Å². The molecule has 0 radical (unpaired) electrons. The molecule has 0 aliphatic heterocycles. The fraction of sp³-hybridized carbons (Fsp3) is 0.628. The molecule has 2 aromatic rings. The number of esters is 2. The second-order valence-corrected chi connectivity index (χ2v) is 16.5. The minimum absolute atomic E-state index is 0.0343. The van der Waals surface area contributed by atoms with Gasteiger partial charge in [0.25, 0.3) is 0 Å². The molecule has 0 spiro atoms. The average molecular weight is 639 g/mol. The second kappa shape index (κ2) is 13.9. The number of benzene rings is 2. The van der Waals surface area contributed by atoms with Gasteiger partial charge in [-0.1, -0.05) is 96.4 Å². The maximum atomic E-state index is 13.7. The summed E-state index contributed by atoms with van der Waals surface area (Å²) in [5, 5.41) is 0. The highest BCUT2D eigenvalue weighted by Gasteiger charge is 2.62. The first kappa shape index (κ1) is 34.0. The van der Waals surface area contributed by atoms with Gasteiger partial charge >= 0.3 is 11.9 Å². The minimum Gasteiger partial charge on any atom is -0.458 e. The van der Waals surface area contributed by atoms with Gasteiger partial charge < -0.3 is 9.47 Å². The van der Waals surface area contributed by atoms with Crippen molar-refractivity contribution in [3.05, 3.63) is 83.4 Å². The molecule has 4 aliphatic carbocycles. The number of ether oxygens (including phenoxy) is 2. The standard InChI is InChI=1S/C43H58O4/c1-7-30(28(2)3)19-18-29(4)35-20-21-36-39-37(23-25-43(35,36)6)42(5)24-22-34(46-40(44)31-14-10-8-11-15-31)26-33(42)27-38(39)47-41(45)32-16-12-9-13-17-32/h8-17,27-30,34-39H,7,18-26H2,1-6H3/t29-,30-,34+,35-,36+,37+,38-,39+,42+,43-/m1/s1. The Balaban J connectivity index is 1.27. The Morgan fingerprint density at radius 3 is 2.04 bits per heavy atom. The molecule has 3 saturated carbocycles. The van der Waals surface area contributed by atoms with Crippen molar-refractivity contribution in [3.63, 3.8) is 0 Å². The molecule has 0 heterocycles. The summed E-state index contributed by atoms with van der Waals surface area (Å²) in [6, 6.07) is 18.8. The molecule has 4 aliphatic rings. The molecule has 0 N–H and O–H groups in total. The van der Waals surface area contributed by atoms with Crippen LogP contribution in [0.25, 0.3) is 0 Å². The third-order valence-corrected chi connectivity index (χ3v) is 13.8. The molecule has 10 atom stereocenters. The Morgan fingerprint density at radius 1 is 0.787 bits per heavy atom. The molecule has 47 heavy (non-hydrogen) atoms. The zero-order chi connectivity index (χ0) is 33.3. The predicted molar refractivity (Wildman–Crippen MR) is 189 cm³/mol. The van der Waals surface area contributed by atoms with E-state index in [2.05, 4.69) is 47.6 Å². The van der Waals surface area contributed by atoms with Gasteiger partial charge in [0.1, 0.15) is 12.2 Å². The van der Waals surface area contributed by atoms with Gasteiger partial charge in [-0.2, -0.15) is 0 Å². The molecule has 0 saturated heterocycles. The van der Waals surface area contributed by atoms with E-state index in [9.17, 15) is 9.59 Å². The highest BCUT2D eigenvalue weighted by atomic mass is 16.5. The summed E-state index contributed by atoms with van der Waals surface area (Å²) in [7, 11) is 0. The second-order valence-electron chi connectivity index (χ2n) is 16.5. The van der Waals surface area contributed by atoms with E-state index < -0.39 is 0 Å². The summed E-state index contributed by atoms with van der Waals surface area (Å²) in [6.45, 7) is 14.7. The SMILES string of the molecule is CC[C@H](CC[C@@H](C)[C@H]1CC[C@H]2[C@@H]3[C@H](OC(=O)c4ccccc4)C=C4C[C@@H](OC(=O)c5ccccc5)CC[C@]4(C)[C@H]3CC[C@]12C)C(C)C. The van der Waals surface area contributed by atoms with Crippen LogP contribution in [0.3, 0.4) is 0 Å². The smallest absolute Gasteiger partial charge is 0.338 e. The first-order chi connectivity index (χ1) is 22.5. The maximum absolute atomic E-state index is 13.7. The van der Waals surface area contributed by atoms with E-state index in [1.165, 1.54) is 50.5 Å². The molecule has 0 amide bonds.